The molecule has 3 aromatic rings. The van der Waals surface area contributed by atoms with Crippen molar-refractivity contribution >= 4 is 11.7 Å². The highest BCUT2D eigenvalue weighted by Crippen LogP contribution is 2.50. The minimum Gasteiger partial charge on any atom is -0.493 e. The number of hydrogen-bond acceptors (Lipinski definition) is 4. The molecule has 0 unspecified atom stereocenters. The van der Waals surface area contributed by atoms with Crippen molar-refractivity contribution < 1.29 is 9.53 Å². The summed E-state index contributed by atoms with van der Waals surface area (Å²) in [7, 11) is 0. The van der Waals surface area contributed by atoms with E-state index in [2.05, 4.69) is 23.3 Å². The first kappa shape index (κ1) is 18.8. The molecule has 1 aromatic carbocycles. The molecule has 1 aliphatic carbocycles. The molecule has 0 spiro atoms. The summed E-state index contributed by atoms with van der Waals surface area (Å²) in [5.74, 6) is 1.56. The van der Waals surface area contributed by atoms with Crippen LogP contribution in [-0.2, 0) is 16.6 Å². The van der Waals surface area contributed by atoms with Crippen LogP contribution in [0.15, 0.2) is 42.6 Å². The van der Waals surface area contributed by atoms with Crippen molar-refractivity contribution in [1.29, 1.82) is 0 Å². The molecule has 5 rings (SSSR count). The molecule has 5 heteroatoms. The number of carbonyl (C=O) groups excluding carboxylic acids is 1. The highest BCUT2D eigenvalue weighted by molar-refractivity contribution is 6.01. The van der Waals surface area contributed by atoms with E-state index >= 15 is 0 Å². The van der Waals surface area contributed by atoms with E-state index < -0.39 is 5.41 Å². The zero-order valence-electron chi connectivity index (χ0n) is 17.6. The zero-order valence-corrected chi connectivity index (χ0v) is 17.6. The smallest absolute Gasteiger partial charge is 0.236 e. The summed E-state index contributed by atoms with van der Waals surface area (Å²) >= 11 is 0. The van der Waals surface area contributed by atoms with Gasteiger partial charge in [0.25, 0.3) is 0 Å². The first-order chi connectivity index (χ1) is 14.5. The van der Waals surface area contributed by atoms with Crippen LogP contribution in [0.3, 0.4) is 0 Å². The van der Waals surface area contributed by atoms with Crippen molar-refractivity contribution in [2.24, 2.45) is 0 Å². The van der Waals surface area contributed by atoms with Crippen LogP contribution >= 0.6 is 0 Å². The third-order valence-electron chi connectivity index (χ3n) is 6.39. The molecule has 1 amide bonds. The van der Waals surface area contributed by atoms with E-state index in [4.69, 9.17) is 9.72 Å². The lowest BCUT2D eigenvalue weighted by atomic mass is 9.92. The van der Waals surface area contributed by atoms with Gasteiger partial charge in [-0.05, 0) is 80.1 Å². The van der Waals surface area contributed by atoms with Crippen LogP contribution in [0.25, 0.3) is 11.3 Å². The highest BCUT2D eigenvalue weighted by Gasteiger charge is 2.51. The molecular formula is C25H25N3O2. The van der Waals surface area contributed by atoms with Gasteiger partial charge >= 0.3 is 0 Å². The number of hydrogen-bond donors (Lipinski definition) is 1. The van der Waals surface area contributed by atoms with Gasteiger partial charge in [0.15, 0.2) is 0 Å². The van der Waals surface area contributed by atoms with E-state index in [1.165, 1.54) is 5.56 Å². The van der Waals surface area contributed by atoms with Gasteiger partial charge in [-0.1, -0.05) is 12.1 Å². The average Bonchev–Trinajstić information content (AvgIpc) is 3.42. The fourth-order valence-corrected chi connectivity index (χ4v) is 4.18. The number of aryl methyl sites for hydroxylation is 2. The average molecular weight is 399 g/mol. The molecule has 30 heavy (non-hydrogen) atoms. The normalized spacial score (nSPS) is 16.0. The number of amides is 1. The largest absolute Gasteiger partial charge is 0.493 e. The number of nitrogens with zero attached hydrogens (tertiary/aromatic N) is 2. The Hall–Kier alpha value is -3.21. The number of anilines is 1. The Morgan fingerprint density at radius 3 is 2.67 bits per heavy atom. The number of aromatic nitrogens is 2. The number of rotatable bonds is 4. The summed E-state index contributed by atoms with van der Waals surface area (Å²) in [4.78, 5) is 22.5. The van der Waals surface area contributed by atoms with Crippen LogP contribution in [0.5, 0.6) is 5.75 Å². The van der Waals surface area contributed by atoms with Crippen molar-refractivity contribution in [3.63, 3.8) is 0 Å². The molecule has 5 nitrogen and oxygen atoms in total. The van der Waals surface area contributed by atoms with E-state index in [0.717, 1.165) is 65.3 Å². The molecule has 3 heterocycles. The summed E-state index contributed by atoms with van der Waals surface area (Å²) in [5, 5.41) is 3.10. The monoisotopic (exact) mass is 399 g/mol. The molecule has 2 aliphatic rings. The molecule has 1 N–H and O–H groups in total. The van der Waals surface area contributed by atoms with Crippen molar-refractivity contribution in [2.45, 2.75) is 45.4 Å². The highest BCUT2D eigenvalue weighted by atomic mass is 16.5. The second kappa shape index (κ2) is 6.94. The number of pyridine rings is 2. The van der Waals surface area contributed by atoms with Gasteiger partial charge in [0, 0.05) is 23.9 Å². The molecule has 0 radical (unpaired) electrons. The molecule has 1 saturated carbocycles. The number of fused-ring (bicyclic) bond motifs is 1. The SMILES string of the molecule is Cc1ccc(-c2nc(NC(=O)C3(c4ccc5c(c4)CCO5)CC3)cc(C)c2C)cn1. The third-order valence-corrected chi connectivity index (χ3v) is 6.39. The second-order valence-electron chi connectivity index (χ2n) is 8.44. The Labute approximate surface area is 176 Å². The van der Waals surface area contributed by atoms with E-state index in [9.17, 15) is 4.79 Å². The van der Waals surface area contributed by atoms with Crippen LogP contribution in [0, 0.1) is 20.8 Å². The molecule has 0 saturated heterocycles. The van der Waals surface area contributed by atoms with Gasteiger partial charge in [-0.25, -0.2) is 4.98 Å². The minimum absolute atomic E-state index is 0.0186. The Kier molecular flexibility index (Phi) is 4.35. The molecule has 152 valence electrons. The molecule has 0 bridgehead atoms. The van der Waals surface area contributed by atoms with Gasteiger partial charge in [-0.2, -0.15) is 0 Å². The fraction of sp³-hybridized carbons (Fsp3) is 0.320. The Balaban J connectivity index is 1.44. The number of nitrogens with one attached hydrogen (secondary N) is 1. The van der Waals surface area contributed by atoms with Crippen molar-refractivity contribution in [1.82, 2.24) is 9.97 Å². The first-order valence-corrected chi connectivity index (χ1v) is 10.5. The van der Waals surface area contributed by atoms with Crippen molar-refractivity contribution in [2.75, 3.05) is 11.9 Å². The first-order valence-electron chi connectivity index (χ1n) is 10.5. The van der Waals surface area contributed by atoms with Gasteiger partial charge in [0.05, 0.1) is 17.7 Å². The van der Waals surface area contributed by atoms with E-state index in [1.807, 2.05) is 50.4 Å². The summed E-state index contributed by atoms with van der Waals surface area (Å²) in [6.45, 7) is 6.79. The Bertz CT molecular complexity index is 1150. The maximum atomic E-state index is 13.3. The van der Waals surface area contributed by atoms with Gasteiger partial charge in [0.1, 0.15) is 11.6 Å². The van der Waals surface area contributed by atoms with Crippen LogP contribution < -0.4 is 10.1 Å². The maximum absolute atomic E-state index is 13.3. The Morgan fingerprint density at radius 1 is 1.10 bits per heavy atom. The number of benzene rings is 1. The Morgan fingerprint density at radius 2 is 1.93 bits per heavy atom. The van der Waals surface area contributed by atoms with E-state index in [0.29, 0.717) is 5.82 Å². The lowest BCUT2D eigenvalue weighted by Gasteiger charge is -2.18. The lowest BCUT2D eigenvalue weighted by Crippen LogP contribution is -2.28. The fourth-order valence-electron chi connectivity index (χ4n) is 4.18. The van der Waals surface area contributed by atoms with Gasteiger partial charge in [0.2, 0.25) is 5.91 Å². The molecular weight excluding hydrogens is 374 g/mol. The predicted octanol–water partition coefficient (Wildman–Crippen LogP) is 4.67. The third kappa shape index (κ3) is 3.15. The van der Waals surface area contributed by atoms with Crippen LogP contribution in [-0.4, -0.2) is 22.5 Å². The summed E-state index contributed by atoms with van der Waals surface area (Å²) < 4.78 is 5.61. The van der Waals surface area contributed by atoms with E-state index in [1.54, 1.807) is 0 Å². The molecule has 0 atom stereocenters. The zero-order chi connectivity index (χ0) is 20.9. The van der Waals surface area contributed by atoms with Crippen molar-refractivity contribution in [3.8, 4) is 17.0 Å². The van der Waals surface area contributed by atoms with Gasteiger partial charge in [-0.15, -0.1) is 0 Å². The quantitative estimate of drug-likeness (QED) is 0.692. The van der Waals surface area contributed by atoms with E-state index in [-0.39, 0.29) is 5.91 Å². The van der Waals surface area contributed by atoms with Crippen molar-refractivity contribution in [3.05, 3.63) is 70.5 Å². The van der Waals surface area contributed by atoms with Crippen LogP contribution in [0.1, 0.15) is 40.8 Å². The molecule has 1 aliphatic heterocycles. The summed E-state index contributed by atoms with van der Waals surface area (Å²) in [6, 6.07) is 12.1. The van der Waals surface area contributed by atoms with Crippen LogP contribution in [0.4, 0.5) is 5.82 Å². The minimum atomic E-state index is -0.455. The molecule has 1 fully saturated rings. The predicted molar refractivity (Wildman–Crippen MR) is 117 cm³/mol. The summed E-state index contributed by atoms with van der Waals surface area (Å²) in [6.07, 6.45) is 4.47. The topological polar surface area (TPSA) is 64.1 Å². The summed E-state index contributed by atoms with van der Waals surface area (Å²) in [5.41, 5.74) is 6.79. The maximum Gasteiger partial charge on any atom is 0.236 e. The van der Waals surface area contributed by atoms with Gasteiger partial charge < -0.3 is 10.1 Å². The number of carbonyl (C=O) groups is 1. The van der Waals surface area contributed by atoms with Gasteiger partial charge in [-0.3, -0.25) is 9.78 Å². The van der Waals surface area contributed by atoms with Crippen LogP contribution in [0.2, 0.25) is 0 Å². The second-order valence-corrected chi connectivity index (χ2v) is 8.44. The lowest BCUT2D eigenvalue weighted by molar-refractivity contribution is -0.118. The standard InChI is InChI=1S/C25H25N3O2/c1-15-12-22(27-23(17(15)3)19-5-4-16(2)26-14-19)28-24(29)25(9-10-25)20-6-7-21-18(13-20)8-11-30-21/h4-7,12-14H,8-11H2,1-3H3,(H,27,28,29). The molecule has 2 aromatic heterocycles. The number of ether oxygens (including phenoxy) is 1.